The summed E-state index contributed by atoms with van der Waals surface area (Å²) in [4.78, 5) is 28.6. The lowest BCUT2D eigenvalue weighted by Gasteiger charge is -2.34. The van der Waals surface area contributed by atoms with Crippen LogP contribution in [0.5, 0.6) is 5.75 Å². The minimum atomic E-state index is -0.231. The molecule has 4 rings (SSSR count). The number of hydrogen-bond donors (Lipinski definition) is 1. The highest BCUT2D eigenvalue weighted by molar-refractivity contribution is 6.08. The van der Waals surface area contributed by atoms with E-state index < -0.39 is 0 Å². The molecular formula is C29H30N2O3. The number of nitrogens with zero attached hydrogens (tertiary/aromatic N) is 2. The molecular weight excluding hydrogens is 424 g/mol. The Balaban J connectivity index is 1.48. The van der Waals surface area contributed by atoms with Gasteiger partial charge in [0.25, 0.3) is 0 Å². The first kappa shape index (κ1) is 23.5. The first-order chi connectivity index (χ1) is 16.4. The average Bonchev–Trinajstić information content (AvgIpc) is 2.85. The molecule has 5 nitrogen and oxygen atoms in total. The van der Waals surface area contributed by atoms with Gasteiger partial charge in [-0.25, -0.2) is 0 Å². The predicted molar refractivity (Wildman–Crippen MR) is 136 cm³/mol. The van der Waals surface area contributed by atoms with Gasteiger partial charge in [0.2, 0.25) is 5.91 Å². The van der Waals surface area contributed by atoms with Crippen LogP contribution in [-0.2, 0) is 11.3 Å². The van der Waals surface area contributed by atoms with E-state index in [1.165, 1.54) is 6.08 Å². The van der Waals surface area contributed by atoms with Crippen LogP contribution in [0.1, 0.15) is 34.0 Å². The maximum Gasteiger partial charge on any atom is 0.219 e. The van der Waals surface area contributed by atoms with Gasteiger partial charge in [0.1, 0.15) is 5.75 Å². The number of phenolic OH excluding ortho intramolecular Hbond substituents is 1. The molecule has 0 bridgehead atoms. The summed E-state index contributed by atoms with van der Waals surface area (Å²) in [6, 6.07) is 21.4. The lowest BCUT2D eigenvalue weighted by molar-refractivity contribution is -0.130. The summed E-state index contributed by atoms with van der Waals surface area (Å²) in [5, 5.41) is 10.3. The molecule has 0 aliphatic carbocycles. The first-order valence-electron chi connectivity index (χ1n) is 11.6. The van der Waals surface area contributed by atoms with Crippen LogP contribution in [0.3, 0.4) is 0 Å². The lowest BCUT2D eigenvalue weighted by Crippen LogP contribution is -2.47. The summed E-state index contributed by atoms with van der Waals surface area (Å²) in [5.41, 5.74) is 5.59. The van der Waals surface area contributed by atoms with E-state index in [1.807, 2.05) is 47.4 Å². The van der Waals surface area contributed by atoms with Crippen molar-refractivity contribution in [1.82, 2.24) is 9.80 Å². The van der Waals surface area contributed by atoms with Gasteiger partial charge in [-0.15, -0.1) is 0 Å². The maximum absolute atomic E-state index is 13.0. The van der Waals surface area contributed by atoms with E-state index in [0.717, 1.165) is 40.9 Å². The second-order valence-corrected chi connectivity index (χ2v) is 8.72. The molecule has 0 spiro atoms. The van der Waals surface area contributed by atoms with Crippen LogP contribution < -0.4 is 0 Å². The molecule has 174 valence electrons. The minimum absolute atomic E-state index is 0.0189. The van der Waals surface area contributed by atoms with E-state index in [4.69, 9.17) is 0 Å². The minimum Gasteiger partial charge on any atom is -0.507 e. The van der Waals surface area contributed by atoms with Crippen LogP contribution in [0.25, 0.3) is 17.2 Å². The second kappa shape index (κ2) is 10.5. The number of allylic oxidation sites excluding steroid dienone is 1. The van der Waals surface area contributed by atoms with Gasteiger partial charge in [0.05, 0.1) is 5.56 Å². The topological polar surface area (TPSA) is 60.9 Å². The summed E-state index contributed by atoms with van der Waals surface area (Å²) in [5.74, 6) is -0.145. The van der Waals surface area contributed by atoms with Gasteiger partial charge in [-0.3, -0.25) is 14.5 Å². The Morgan fingerprint density at radius 2 is 1.68 bits per heavy atom. The highest BCUT2D eigenvalue weighted by atomic mass is 16.3. The molecule has 3 aromatic carbocycles. The number of hydrogen-bond acceptors (Lipinski definition) is 4. The van der Waals surface area contributed by atoms with Crippen molar-refractivity contribution in [3.8, 4) is 16.9 Å². The fourth-order valence-electron chi connectivity index (χ4n) is 4.38. The molecule has 3 aromatic rings. The van der Waals surface area contributed by atoms with E-state index >= 15 is 0 Å². The van der Waals surface area contributed by atoms with Crippen LogP contribution in [0.4, 0.5) is 0 Å². The van der Waals surface area contributed by atoms with Crippen LogP contribution in [0.15, 0.2) is 72.8 Å². The van der Waals surface area contributed by atoms with Crippen LogP contribution in [0.2, 0.25) is 0 Å². The quantitative estimate of drug-likeness (QED) is 0.424. The molecule has 0 radical (unpaired) electrons. The summed E-state index contributed by atoms with van der Waals surface area (Å²) >= 11 is 0. The van der Waals surface area contributed by atoms with Crippen molar-refractivity contribution in [2.45, 2.75) is 20.4 Å². The maximum atomic E-state index is 13.0. The van der Waals surface area contributed by atoms with Gasteiger partial charge in [0, 0.05) is 39.6 Å². The molecule has 5 heteroatoms. The number of benzene rings is 3. The fourth-order valence-corrected chi connectivity index (χ4v) is 4.38. The van der Waals surface area contributed by atoms with E-state index in [9.17, 15) is 14.7 Å². The molecule has 1 heterocycles. The van der Waals surface area contributed by atoms with Crippen molar-refractivity contribution < 1.29 is 14.7 Å². The van der Waals surface area contributed by atoms with E-state index in [0.29, 0.717) is 25.2 Å². The Labute approximate surface area is 201 Å². The highest BCUT2D eigenvalue weighted by Crippen LogP contribution is 2.27. The Bertz CT molecular complexity index is 1210. The number of piperazine rings is 1. The largest absolute Gasteiger partial charge is 0.507 e. The first-order valence-corrected chi connectivity index (χ1v) is 11.6. The second-order valence-electron chi connectivity index (χ2n) is 8.72. The van der Waals surface area contributed by atoms with Crippen LogP contribution in [0, 0.1) is 6.92 Å². The standard InChI is InChI=1S/C29H30N2O3/c1-21-24(9-6-10-26(21)25-7-4-3-5-8-25)12-14-29(34)27-19-23(11-13-28(27)33)20-30-15-17-31(18-16-30)22(2)32/h3-14,19,33H,15-18,20H2,1-2H3/b14-12+. The van der Waals surface area contributed by atoms with Crippen molar-refractivity contribution in [1.29, 1.82) is 0 Å². The smallest absolute Gasteiger partial charge is 0.219 e. The molecule has 1 aliphatic rings. The SMILES string of the molecule is CC(=O)N1CCN(Cc2ccc(O)c(C(=O)/C=C/c3cccc(-c4ccccc4)c3C)c2)CC1. The normalized spacial score (nSPS) is 14.5. The van der Waals surface area contributed by atoms with Crippen molar-refractivity contribution in [3.05, 3.63) is 95.1 Å². The van der Waals surface area contributed by atoms with E-state index in [1.54, 1.807) is 19.1 Å². The Morgan fingerprint density at radius 1 is 0.941 bits per heavy atom. The van der Waals surface area contributed by atoms with Gasteiger partial charge in [-0.1, -0.05) is 60.7 Å². The summed E-state index contributed by atoms with van der Waals surface area (Å²) in [6.07, 6.45) is 3.35. The molecule has 1 aliphatic heterocycles. The zero-order valence-corrected chi connectivity index (χ0v) is 19.7. The molecule has 1 N–H and O–H groups in total. The zero-order chi connectivity index (χ0) is 24.1. The molecule has 0 aromatic heterocycles. The van der Waals surface area contributed by atoms with Gasteiger partial charge in [-0.2, -0.15) is 0 Å². The number of carbonyl (C=O) groups excluding carboxylic acids is 2. The van der Waals surface area contributed by atoms with Crippen molar-refractivity contribution in [2.75, 3.05) is 26.2 Å². The van der Waals surface area contributed by atoms with Gasteiger partial charge >= 0.3 is 0 Å². The molecule has 1 saturated heterocycles. The molecule has 34 heavy (non-hydrogen) atoms. The number of aromatic hydroxyl groups is 1. The van der Waals surface area contributed by atoms with Crippen molar-refractivity contribution >= 4 is 17.8 Å². The van der Waals surface area contributed by atoms with Gasteiger partial charge < -0.3 is 10.0 Å². The Hall–Kier alpha value is -3.70. The Morgan fingerprint density at radius 3 is 2.38 bits per heavy atom. The third-order valence-electron chi connectivity index (χ3n) is 6.42. The molecule has 1 amide bonds. The number of amides is 1. The van der Waals surface area contributed by atoms with Gasteiger partial charge in [0.15, 0.2) is 5.78 Å². The van der Waals surface area contributed by atoms with Crippen molar-refractivity contribution in [2.24, 2.45) is 0 Å². The molecule has 1 fully saturated rings. The lowest BCUT2D eigenvalue weighted by atomic mass is 9.96. The number of carbonyl (C=O) groups is 2. The highest BCUT2D eigenvalue weighted by Gasteiger charge is 2.19. The molecule has 0 atom stereocenters. The third-order valence-corrected chi connectivity index (χ3v) is 6.42. The Kier molecular flexibility index (Phi) is 7.24. The molecule has 0 saturated carbocycles. The number of rotatable bonds is 6. The fraction of sp³-hybridized carbons (Fsp3) is 0.241. The predicted octanol–water partition coefficient (Wildman–Crippen LogP) is 4.93. The third kappa shape index (κ3) is 5.43. The van der Waals surface area contributed by atoms with E-state index in [2.05, 4.69) is 30.0 Å². The number of phenols is 1. The van der Waals surface area contributed by atoms with Crippen LogP contribution in [-0.4, -0.2) is 52.8 Å². The number of ketones is 1. The molecule has 0 unspecified atom stereocenters. The van der Waals surface area contributed by atoms with Gasteiger partial charge in [-0.05, 0) is 52.9 Å². The summed E-state index contributed by atoms with van der Waals surface area (Å²) < 4.78 is 0. The van der Waals surface area contributed by atoms with E-state index in [-0.39, 0.29) is 17.4 Å². The summed E-state index contributed by atoms with van der Waals surface area (Å²) in [7, 11) is 0. The average molecular weight is 455 g/mol. The van der Waals surface area contributed by atoms with Crippen LogP contribution >= 0.6 is 0 Å². The summed E-state index contributed by atoms with van der Waals surface area (Å²) in [6.45, 7) is 7.33. The zero-order valence-electron chi connectivity index (χ0n) is 19.7. The monoisotopic (exact) mass is 454 g/mol. The van der Waals surface area contributed by atoms with Crippen molar-refractivity contribution in [3.63, 3.8) is 0 Å².